The molecule has 0 bridgehead atoms. The predicted molar refractivity (Wildman–Crippen MR) is 94.9 cm³/mol. The van der Waals surface area contributed by atoms with Crippen molar-refractivity contribution in [2.24, 2.45) is 10.7 Å². The molecule has 0 saturated carbocycles. The van der Waals surface area contributed by atoms with Gasteiger partial charge in [-0.2, -0.15) is 0 Å². The van der Waals surface area contributed by atoms with Crippen LogP contribution in [0.4, 0.5) is 0 Å². The van der Waals surface area contributed by atoms with Crippen LogP contribution in [-0.4, -0.2) is 11.7 Å². The molecular formula is C20H15N3. The molecule has 0 amide bonds. The Morgan fingerprint density at radius 2 is 1.13 bits per heavy atom. The van der Waals surface area contributed by atoms with E-state index in [1.54, 1.807) is 0 Å². The molecule has 3 aromatic rings. The fraction of sp³-hybridized carbons (Fsp3) is 0. The SMILES string of the molecule is N=C1N=C(N)c2cc(-c3ccccc3)c(-c3ccccc3)cc21. The molecule has 0 aliphatic carbocycles. The predicted octanol–water partition coefficient (Wildman–Crippen LogP) is 4.06. The average molecular weight is 297 g/mol. The van der Waals surface area contributed by atoms with Crippen molar-refractivity contribution >= 4 is 11.7 Å². The van der Waals surface area contributed by atoms with Crippen LogP contribution in [0.2, 0.25) is 0 Å². The molecule has 3 heteroatoms. The highest BCUT2D eigenvalue weighted by molar-refractivity contribution is 6.22. The molecule has 23 heavy (non-hydrogen) atoms. The van der Waals surface area contributed by atoms with E-state index < -0.39 is 0 Å². The largest absolute Gasteiger partial charge is 0.383 e. The maximum absolute atomic E-state index is 8.03. The molecule has 3 nitrogen and oxygen atoms in total. The Bertz CT molecular complexity index is 926. The fourth-order valence-electron chi connectivity index (χ4n) is 2.96. The zero-order valence-corrected chi connectivity index (χ0v) is 12.5. The minimum absolute atomic E-state index is 0.231. The summed E-state index contributed by atoms with van der Waals surface area (Å²) in [5, 5.41) is 8.03. The van der Waals surface area contributed by atoms with Crippen LogP contribution in [0, 0.1) is 5.41 Å². The highest BCUT2D eigenvalue weighted by atomic mass is 14.9. The smallest absolute Gasteiger partial charge is 0.154 e. The molecule has 3 N–H and O–H groups in total. The fourth-order valence-corrected chi connectivity index (χ4v) is 2.96. The Kier molecular flexibility index (Phi) is 3.05. The van der Waals surface area contributed by atoms with Gasteiger partial charge in [0.2, 0.25) is 0 Å². The van der Waals surface area contributed by atoms with Crippen molar-refractivity contribution in [3.8, 4) is 22.3 Å². The molecule has 0 unspecified atom stereocenters. The second-order valence-electron chi connectivity index (χ2n) is 5.52. The van der Waals surface area contributed by atoms with E-state index in [4.69, 9.17) is 11.1 Å². The summed E-state index contributed by atoms with van der Waals surface area (Å²) < 4.78 is 0. The molecule has 0 radical (unpaired) electrons. The molecule has 1 aliphatic rings. The Morgan fingerprint density at radius 3 is 1.65 bits per heavy atom. The lowest BCUT2D eigenvalue weighted by Gasteiger charge is -2.13. The van der Waals surface area contributed by atoms with Gasteiger partial charge in [0.05, 0.1) is 0 Å². The summed E-state index contributed by atoms with van der Waals surface area (Å²) in [7, 11) is 0. The molecular weight excluding hydrogens is 282 g/mol. The number of hydrogen-bond donors (Lipinski definition) is 2. The molecule has 1 heterocycles. The maximum atomic E-state index is 8.03. The van der Waals surface area contributed by atoms with Crippen LogP contribution in [0.15, 0.2) is 77.8 Å². The van der Waals surface area contributed by atoms with Gasteiger partial charge in [-0.1, -0.05) is 60.7 Å². The summed E-state index contributed by atoms with van der Waals surface area (Å²) in [5.41, 5.74) is 12.0. The average Bonchev–Trinajstić information content (AvgIpc) is 2.89. The van der Waals surface area contributed by atoms with Crippen molar-refractivity contribution in [1.82, 2.24) is 0 Å². The van der Waals surface area contributed by atoms with Gasteiger partial charge in [-0.3, -0.25) is 5.41 Å². The summed E-state index contributed by atoms with van der Waals surface area (Å²) in [4.78, 5) is 4.10. The third-order valence-corrected chi connectivity index (χ3v) is 4.09. The van der Waals surface area contributed by atoms with Crippen LogP contribution in [-0.2, 0) is 0 Å². The lowest BCUT2D eigenvalue weighted by Crippen LogP contribution is -2.10. The third-order valence-electron chi connectivity index (χ3n) is 4.09. The van der Waals surface area contributed by atoms with E-state index in [1.807, 2.05) is 48.5 Å². The highest BCUT2D eigenvalue weighted by Crippen LogP contribution is 2.36. The minimum Gasteiger partial charge on any atom is -0.383 e. The van der Waals surface area contributed by atoms with E-state index >= 15 is 0 Å². The van der Waals surface area contributed by atoms with Gasteiger partial charge >= 0.3 is 0 Å². The van der Waals surface area contributed by atoms with Crippen LogP contribution in [0.3, 0.4) is 0 Å². The monoisotopic (exact) mass is 297 g/mol. The number of aliphatic imine (C=N–C) groups is 1. The van der Waals surface area contributed by atoms with Crippen LogP contribution in [0.5, 0.6) is 0 Å². The third kappa shape index (κ3) is 2.23. The van der Waals surface area contributed by atoms with Gasteiger partial charge < -0.3 is 5.73 Å². The van der Waals surface area contributed by atoms with Gasteiger partial charge in [-0.15, -0.1) is 0 Å². The molecule has 3 aromatic carbocycles. The van der Waals surface area contributed by atoms with Gasteiger partial charge in [0.15, 0.2) is 5.84 Å². The highest BCUT2D eigenvalue weighted by Gasteiger charge is 2.22. The summed E-state index contributed by atoms with van der Waals surface area (Å²) in [5.74, 6) is 0.649. The summed E-state index contributed by atoms with van der Waals surface area (Å²) in [6.45, 7) is 0. The summed E-state index contributed by atoms with van der Waals surface area (Å²) in [6, 6.07) is 24.5. The van der Waals surface area contributed by atoms with E-state index in [0.717, 1.165) is 33.4 Å². The van der Waals surface area contributed by atoms with Crippen LogP contribution in [0.1, 0.15) is 11.1 Å². The van der Waals surface area contributed by atoms with Gasteiger partial charge in [0.1, 0.15) is 5.84 Å². The van der Waals surface area contributed by atoms with Crippen molar-refractivity contribution in [1.29, 1.82) is 5.41 Å². The van der Waals surface area contributed by atoms with Crippen LogP contribution >= 0.6 is 0 Å². The Balaban J connectivity index is 2.02. The summed E-state index contributed by atoms with van der Waals surface area (Å²) in [6.07, 6.45) is 0. The molecule has 0 saturated heterocycles. The van der Waals surface area contributed by atoms with Crippen LogP contribution < -0.4 is 5.73 Å². The maximum Gasteiger partial charge on any atom is 0.154 e. The normalized spacial score (nSPS) is 12.9. The quantitative estimate of drug-likeness (QED) is 0.736. The summed E-state index contributed by atoms with van der Waals surface area (Å²) >= 11 is 0. The lowest BCUT2D eigenvalue weighted by molar-refractivity contribution is 1.44. The minimum atomic E-state index is 0.231. The number of nitrogens with two attached hydrogens (primary N) is 1. The Morgan fingerprint density at radius 1 is 0.652 bits per heavy atom. The number of fused-ring (bicyclic) bond motifs is 1. The molecule has 4 rings (SSSR count). The van der Waals surface area contributed by atoms with E-state index in [2.05, 4.69) is 29.3 Å². The Labute approximate surface area is 134 Å². The molecule has 0 atom stereocenters. The first-order valence-corrected chi connectivity index (χ1v) is 7.46. The number of nitrogens with one attached hydrogen (secondary N) is 1. The second-order valence-corrected chi connectivity index (χ2v) is 5.52. The van der Waals surface area contributed by atoms with Gasteiger partial charge in [0, 0.05) is 11.1 Å². The Hall–Kier alpha value is -3.20. The topological polar surface area (TPSA) is 62.2 Å². The van der Waals surface area contributed by atoms with E-state index in [-0.39, 0.29) is 5.84 Å². The van der Waals surface area contributed by atoms with Crippen molar-refractivity contribution < 1.29 is 0 Å². The number of benzene rings is 3. The number of amidine groups is 2. The number of hydrogen-bond acceptors (Lipinski definition) is 2. The van der Waals surface area contributed by atoms with Crippen LogP contribution in [0.25, 0.3) is 22.3 Å². The van der Waals surface area contributed by atoms with Crippen molar-refractivity contribution in [2.45, 2.75) is 0 Å². The van der Waals surface area contributed by atoms with Gasteiger partial charge in [-0.05, 0) is 34.4 Å². The standard InChI is InChI=1S/C20H15N3/c21-19-17-11-15(13-7-3-1-4-8-13)16(12-18(17)20(22)23-19)14-9-5-2-6-10-14/h1-12H,(H3,21,22,23). The van der Waals surface area contributed by atoms with E-state index in [0.29, 0.717) is 5.84 Å². The number of nitrogens with zero attached hydrogens (tertiary/aromatic N) is 1. The molecule has 0 fully saturated rings. The van der Waals surface area contributed by atoms with Crippen molar-refractivity contribution in [3.05, 3.63) is 83.9 Å². The van der Waals surface area contributed by atoms with Crippen molar-refractivity contribution in [2.75, 3.05) is 0 Å². The van der Waals surface area contributed by atoms with Gasteiger partial charge in [0.25, 0.3) is 0 Å². The second kappa shape index (κ2) is 5.21. The first-order chi connectivity index (χ1) is 11.2. The van der Waals surface area contributed by atoms with Gasteiger partial charge in [-0.25, -0.2) is 4.99 Å². The molecule has 1 aliphatic heterocycles. The molecule has 0 spiro atoms. The molecule has 110 valence electrons. The van der Waals surface area contributed by atoms with E-state index in [9.17, 15) is 0 Å². The zero-order valence-electron chi connectivity index (χ0n) is 12.5. The van der Waals surface area contributed by atoms with Crippen molar-refractivity contribution in [3.63, 3.8) is 0 Å². The van der Waals surface area contributed by atoms with E-state index in [1.165, 1.54) is 0 Å². The first kappa shape index (κ1) is 13.5. The molecule has 0 aromatic heterocycles. The lowest BCUT2D eigenvalue weighted by atomic mass is 9.90. The first-order valence-electron chi connectivity index (χ1n) is 7.46. The zero-order chi connectivity index (χ0) is 15.8. The number of rotatable bonds is 2.